The third-order valence-corrected chi connectivity index (χ3v) is 4.06. The average molecular weight is 274 g/mol. The van der Waals surface area contributed by atoms with Crippen molar-refractivity contribution in [2.45, 2.75) is 13.8 Å². The summed E-state index contributed by atoms with van der Waals surface area (Å²) in [5.74, 6) is 1.40. The molecule has 0 N–H and O–H groups in total. The summed E-state index contributed by atoms with van der Waals surface area (Å²) in [7, 11) is 0. The molecule has 98 valence electrons. The van der Waals surface area contributed by atoms with Gasteiger partial charge in [0.25, 0.3) is 0 Å². The predicted molar refractivity (Wildman–Crippen MR) is 74.7 cm³/mol. The molecule has 4 heteroatoms. The molecule has 1 aliphatic rings. The highest BCUT2D eigenvalue weighted by Gasteiger charge is 2.18. The van der Waals surface area contributed by atoms with Crippen LogP contribution in [-0.4, -0.2) is 19.0 Å². The van der Waals surface area contributed by atoms with Gasteiger partial charge in [0.05, 0.1) is 0 Å². The van der Waals surface area contributed by atoms with Crippen LogP contribution in [0.15, 0.2) is 24.3 Å². The molecule has 0 fully saturated rings. The summed E-state index contributed by atoms with van der Waals surface area (Å²) in [4.78, 5) is 14.7. The lowest BCUT2D eigenvalue weighted by atomic mass is 10.0. The fourth-order valence-electron chi connectivity index (χ4n) is 2.20. The third-order valence-electron chi connectivity index (χ3n) is 3.09. The minimum atomic E-state index is 0.0406. The molecule has 3 rings (SSSR count). The number of benzene rings is 1. The minimum absolute atomic E-state index is 0.0406. The summed E-state index contributed by atoms with van der Waals surface area (Å²) in [6.07, 6.45) is 0. The van der Waals surface area contributed by atoms with Crippen molar-refractivity contribution < 1.29 is 14.3 Å². The van der Waals surface area contributed by atoms with Crippen molar-refractivity contribution in [3.05, 3.63) is 45.1 Å². The number of fused-ring (bicyclic) bond motifs is 1. The molecule has 0 saturated heterocycles. The van der Waals surface area contributed by atoms with E-state index in [1.807, 2.05) is 19.9 Å². The van der Waals surface area contributed by atoms with E-state index >= 15 is 0 Å². The Morgan fingerprint density at radius 3 is 2.53 bits per heavy atom. The quantitative estimate of drug-likeness (QED) is 0.788. The fourth-order valence-corrected chi connectivity index (χ4v) is 3.12. The van der Waals surface area contributed by atoms with Crippen molar-refractivity contribution in [3.8, 4) is 11.5 Å². The van der Waals surface area contributed by atoms with Crippen LogP contribution in [0.4, 0.5) is 0 Å². The molecule has 2 aromatic rings. The van der Waals surface area contributed by atoms with Gasteiger partial charge in [0.1, 0.15) is 13.2 Å². The Morgan fingerprint density at radius 1 is 1.11 bits per heavy atom. The maximum atomic E-state index is 12.5. The number of hydrogen-bond acceptors (Lipinski definition) is 4. The SMILES string of the molecule is Cc1cc(C(=O)c2ccc3c(c2)OCCO3)c(C)s1. The predicted octanol–water partition coefficient (Wildman–Crippen LogP) is 3.37. The summed E-state index contributed by atoms with van der Waals surface area (Å²) < 4.78 is 11.0. The van der Waals surface area contributed by atoms with E-state index in [0.29, 0.717) is 30.3 Å². The smallest absolute Gasteiger partial charge is 0.194 e. The zero-order valence-corrected chi connectivity index (χ0v) is 11.7. The van der Waals surface area contributed by atoms with Gasteiger partial charge in [-0.15, -0.1) is 11.3 Å². The lowest BCUT2D eigenvalue weighted by Gasteiger charge is -2.18. The van der Waals surface area contributed by atoms with Crippen LogP contribution < -0.4 is 9.47 Å². The highest BCUT2D eigenvalue weighted by atomic mass is 32.1. The van der Waals surface area contributed by atoms with Crippen LogP contribution in [0.1, 0.15) is 25.7 Å². The van der Waals surface area contributed by atoms with Gasteiger partial charge >= 0.3 is 0 Å². The first-order chi connectivity index (χ1) is 9.15. The number of hydrogen-bond donors (Lipinski definition) is 0. The molecular weight excluding hydrogens is 260 g/mol. The Balaban J connectivity index is 1.98. The minimum Gasteiger partial charge on any atom is -0.486 e. The highest BCUT2D eigenvalue weighted by Crippen LogP contribution is 2.32. The van der Waals surface area contributed by atoms with Gasteiger partial charge in [-0.3, -0.25) is 4.79 Å². The van der Waals surface area contributed by atoms with E-state index in [4.69, 9.17) is 9.47 Å². The summed E-state index contributed by atoms with van der Waals surface area (Å²) in [5.41, 5.74) is 1.42. The van der Waals surface area contributed by atoms with Crippen molar-refractivity contribution in [2.24, 2.45) is 0 Å². The standard InChI is InChI=1S/C15H14O3S/c1-9-7-12(10(2)19-9)15(16)11-3-4-13-14(8-11)18-6-5-17-13/h3-4,7-8H,5-6H2,1-2H3. The van der Waals surface area contributed by atoms with Crippen molar-refractivity contribution in [2.75, 3.05) is 13.2 Å². The number of ketones is 1. The lowest BCUT2D eigenvalue weighted by molar-refractivity contribution is 0.103. The number of thiophene rings is 1. The third kappa shape index (κ3) is 2.24. The van der Waals surface area contributed by atoms with Crippen LogP contribution in [0.2, 0.25) is 0 Å². The number of rotatable bonds is 2. The lowest BCUT2D eigenvalue weighted by Crippen LogP contribution is -2.15. The molecule has 0 saturated carbocycles. The Kier molecular flexibility index (Phi) is 3.03. The molecule has 0 atom stereocenters. The van der Waals surface area contributed by atoms with Gasteiger partial charge in [0.15, 0.2) is 17.3 Å². The van der Waals surface area contributed by atoms with Crippen molar-refractivity contribution >= 4 is 17.1 Å². The largest absolute Gasteiger partial charge is 0.486 e. The molecule has 0 unspecified atom stereocenters. The Morgan fingerprint density at radius 2 is 1.84 bits per heavy atom. The first-order valence-electron chi connectivity index (χ1n) is 6.16. The summed E-state index contributed by atoms with van der Waals surface area (Å²) in [6, 6.07) is 7.31. The van der Waals surface area contributed by atoms with E-state index in [0.717, 1.165) is 15.3 Å². The van der Waals surface area contributed by atoms with Crippen molar-refractivity contribution in [1.82, 2.24) is 0 Å². The van der Waals surface area contributed by atoms with Gasteiger partial charge < -0.3 is 9.47 Å². The first-order valence-corrected chi connectivity index (χ1v) is 6.98. The second kappa shape index (κ2) is 4.70. The van der Waals surface area contributed by atoms with E-state index in [1.165, 1.54) is 0 Å². The van der Waals surface area contributed by atoms with Gasteiger partial charge in [-0.25, -0.2) is 0 Å². The molecule has 0 amide bonds. The van der Waals surface area contributed by atoms with Gasteiger partial charge in [0, 0.05) is 20.9 Å². The maximum absolute atomic E-state index is 12.5. The van der Waals surface area contributed by atoms with Crippen molar-refractivity contribution in [3.63, 3.8) is 0 Å². The van der Waals surface area contributed by atoms with Crippen LogP contribution in [0.25, 0.3) is 0 Å². The van der Waals surface area contributed by atoms with E-state index in [2.05, 4.69) is 0 Å². The number of aryl methyl sites for hydroxylation is 2. The molecule has 0 radical (unpaired) electrons. The zero-order chi connectivity index (χ0) is 13.4. The normalized spacial score (nSPS) is 13.4. The van der Waals surface area contributed by atoms with Crippen LogP contribution in [0, 0.1) is 13.8 Å². The van der Waals surface area contributed by atoms with E-state index in [-0.39, 0.29) is 5.78 Å². The molecule has 19 heavy (non-hydrogen) atoms. The van der Waals surface area contributed by atoms with E-state index < -0.39 is 0 Å². The van der Waals surface area contributed by atoms with Gasteiger partial charge in [-0.05, 0) is 38.1 Å². The van der Waals surface area contributed by atoms with E-state index in [1.54, 1.807) is 29.5 Å². The topological polar surface area (TPSA) is 35.5 Å². The van der Waals surface area contributed by atoms with Crippen LogP contribution >= 0.6 is 11.3 Å². The number of ether oxygens (including phenoxy) is 2. The summed E-state index contributed by atoms with van der Waals surface area (Å²) in [5, 5.41) is 0. The average Bonchev–Trinajstić information content (AvgIpc) is 2.76. The Hall–Kier alpha value is -1.81. The molecule has 2 heterocycles. The van der Waals surface area contributed by atoms with Crippen LogP contribution in [0.3, 0.4) is 0 Å². The number of carbonyl (C=O) groups excluding carboxylic acids is 1. The second-order valence-electron chi connectivity index (χ2n) is 4.51. The first kappa shape index (κ1) is 12.2. The van der Waals surface area contributed by atoms with Gasteiger partial charge in [-0.2, -0.15) is 0 Å². The van der Waals surface area contributed by atoms with Crippen molar-refractivity contribution in [1.29, 1.82) is 0 Å². The molecule has 1 aliphatic heterocycles. The summed E-state index contributed by atoms with van der Waals surface area (Å²) >= 11 is 1.64. The zero-order valence-electron chi connectivity index (χ0n) is 10.9. The van der Waals surface area contributed by atoms with Crippen LogP contribution in [0.5, 0.6) is 11.5 Å². The number of carbonyl (C=O) groups is 1. The molecule has 0 aliphatic carbocycles. The highest BCUT2D eigenvalue weighted by molar-refractivity contribution is 7.12. The molecule has 3 nitrogen and oxygen atoms in total. The molecule has 0 spiro atoms. The van der Waals surface area contributed by atoms with Crippen LogP contribution in [-0.2, 0) is 0 Å². The Labute approximate surface area is 115 Å². The Bertz CT molecular complexity index is 643. The van der Waals surface area contributed by atoms with E-state index in [9.17, 15) is 4.79 Å². The maximum Gasteiger partial charge on any atom is 0.194 e. The molecule has 1 aromatic carbocycles. The molecule has 1 aromatic heterocycles. The monoisotopic (exact) mass is 274 g/mol. The van der Waals surface area contributed by atoms with Gasteiger partial charge in [0.2, 0.25) is 0 Å². The fraction of sp³-hybridized carbons (Fsp3) is 0.267. The molecule has 0 bridgehead atoms. The summed E-state index contributed by atoms with van der Waals surface area (Å²) in [6.45, 7) is 5.07. The van der Waals surface area contributed by atoms with Gasteiger partial charge in [-0.1, -0.05) is 0 Å². The molecular formula is C15H14O3S. The second-order valence-corrected chi connectivity index (χ2v) is 5.97.